The fourth-order valence-electron chi connectivity index (χ4n) is 6.93. The summed E-state index contributed by atoms with van der Waals surface area (Å²) < 4.78 is 0. The lowest BCUT2D eigenvalue weighted by atomic mass is 9.87. The number of tetrazole rings is 2. The zero-order valence-corrected chi connectivity index (χ0v) is 26.9. The molecule has 2 aromatic heterocycles. The van der Waals surface area contributed by atoms with E-state index in [-0.39, 0.29) is 12.1 Å². The van der Waals surface area contributed by atoms with Gasteiger partial charge in [-0.25, -0.2) is 0 Å². The van der Waals surface area contributed by atoms with Gasteiger partial charge < -0.3 is 10.6 Å². The van der Waals surface area contributed by atoms with Crippen LogP contribution in [0.2, 0.25) is 10.0 Å². The Labute approximate surface area is 277 Å². The predicted octanol–water partition coefficient (Wildman–Crippen LogP) is 6.14. The molecule has 4 aromatic carbocycles. The summed E-state index contributed by atoms with van der Waals surface area (Å²) in [5.74, 6) is 0.922. The summed E-state index contributed by atoms with van der Waals surface area (Å²) in [7, 11) is 0. The number of nitrogens with one attached hydrogen (secondary N) is 2. The van der Waals surface area contributed by atoms with Crippen LogP contribution in [-0.2, 0) is 0 Å². The quantitative estimate of drug-likeness (QED) is 0.220. The van der Waals surface area contributed by atoms with Gasteiger partial charge in [0.05, 0.1) is 0 Å². The van der Waals surface area contributed by atoms with Crippen molar-refractivity contribution in [2.24, 2.45) is 11.8 Å². The van der Waals surface area contributed by atoms with Crippen LogP contribution in [0, 0.1) is 11.8 Å². The third kappa shape index (κ3) is 6.90. The molecule has 2 fully saturated rings. The number of piperidine rings is 2. The minimum absolute atomic E-state index is 0.102. The topological polar surface area (TPSA) is 111 Å². The van der Waals surface area contributed by atoms with Crippen LogP contribution in [0.5, 0.6) is 0 Å². The molecule has 0 radical (unpaired) electrons. The van der Waals surface area contributed by atoms with E-state index < -0.39 is 0 Å². The first-order valence-corrected chi connectivity index (χ1v) is 16.6. The second-order valence-corrected chi connectivity index (χ2v) is 13.0. The Morgan fingerprint density at radius 2 is 1.02 bits per heavy atom. The molecule has 4 atom stereocenters. The van der Waals surface area contributed by atoms with Crippen molar-refractivity contribution in [3.63, 3.8) is 0 Å². The molecule has 46 heavy (non-hydrogen) atoms. The van der Waals surface area contributed by atoms with E-state index in [0.717, 1.165) is 59.8 Å². The van der Waals surface area contributed by atoms with Crippen LogP contribution in [0.4, 0.5) is 0 Å². The van der Waals surface area contributed by atoms with Gasteiger partial charge in [0.1, 0.15) is 12.1 Å². The van der Waals surface area contributed by atoms with Crippen molar-refractivity contribution < 1.29 is 0 Å². The lowest BCUT2D eigenvalue weighted by Crippen LogP contribution is -2.36. The molecular weight excluding hydrogens is 619 g/mol. The molecule has 0 saturated carbocycles. The zero-order valence-electron chi connectivity index (χ0n) is 25.4. The molecule has 2 saturated heterocycles. The largest absolute Gasteiger partial charge is 0.316 e. The highest BCUT2D eigenvalue weighted by Crippen LogP contribution is 2.34. The molecule has 6 aromatic rings. The standard InChI is InChI=1S/2C17H18ClN5/c2*18-16-6-5-12-8-14(4-3-13(12)9-16)17(23-21-11-20-22-23)15-2-1-7-19-10-15/h2*3-6,8-9,11,15,17,19H,1-2,7,10H2/t15-,17+;15-,17-/m01/s1. The summed E-state index contributed by atoms with van der Waals surface area (Å²) >= 11 is 12.2. The molecule has 0 aliphatic carbocycles. The van der Waals surface area contributed by atoms with E-state index >= 15 is 0 Å². The summed E-state index contributed by atoms with van der Waals surface area (Å²) in [5, 5.41) is 37.9. The number of aromatic nitrogens is 8. The van der Waals surface area contributed by atoms with E-state index in [1.165, 1.54) is 47.4 Å². The minimum atomic E-state index is 0.102. The number of rotatable bonds is 6. The average molecular weight is 656 g/mol. The SMILES string of the molecule is Clc1ccc2cc([C@H]([C@@H]3CCCNC3)n3ncnn3)ccc2c1.Clc1ccc2cc([C@H]([C@H]3CCCNC3)n3ncnn3)ccc2c1. The maximum atomic E-state index is 6.08. The predicted molar refractivity (Wildman–Crippen MR) is 181 cm³/mol. The summed E-state index contributed by atoms with van der Waals surface area (Å²) in [6.45, 7) is 4.13. The van der Waals surface area contributed by atoms with Crippen LogP contribution in [0.1, 0.15) is 48.9 Å². The molecule has 4 heterocycles. The first kappa shape index (κ1) is 30.7. The van der Waals surface area contributed by atoms with Gasteiger partial charge in [0, 0.05) is 23.1 Å². The average Bonchev–Trinajstić information content (AvgIpc) is 3.82. The summed E-state index contributed by atoms with van der Waals surface area (Å²) in [6, 6.07) is 25.2. The van der Waals surface area contributed by atoms with Crippen molar-refractivity contribution >= 4 is 44.7 Å². The van der Waals surface area contributed by atoms with Gasteiger partial charge in [0.25, 0.3) is 0 Å². The summed E-state index contributed by atoms with van der Waals surface area (Å²) in [6.07, 6.45) is 7.70. The molecular formula is C34H36Cl2N10. The van der Waals surface area contributed by atoms with E-state index in [1.807, 2.05) is 24.3 Å². The van der Waals surface area contributed by atoms with E-state index in [4.69, 9.17) is 23.2 Å². The van der Waals surface area contributed by atoms with Crippen LogP contribution in [0.15, 0.2) is 85.5 Å². The Bertz CT molecular complexity index is 1730. The molecule has 8 rings (SSSR count). The van der Waals surface area contributed by atoms with Gasteiger partial charge in [0.2, 0.25) is 0 Å². The number of nitrogens with zero attached hydrogens (tertiary/aromatic N) is 8. The molecule has 236 valence electrons. The smallest absolute Gasteiger partial charge is 0.162 e. The second-order valence-electron chi connectivity index (χ2n) is 12.1. The Kier molecular flexibility index (Phi) is 9.48. The molecule has 2 aliphatic heterocycles. The van der Waals surface area contributed by atoms with Crippen LogP contribution in [0.3, 0.4) is 0 Å². The van der Waals surface area contributed by atoms with Gasteiger partial charge in [-0.15, -0.1) is 20.4 Å². The molecule has 0 unspecified atom stereocenters. The number of halogens is 2. The molecule has 10 nitrogen and oxygen atoms in total. The van der Waals surface area contributed by atoms with Crippen LogP contribution in [0.25, 0.3) is 21.5 Å². The normalized spacial score (nSPS) is 19.8. The van der Waals surface area contributed by atoms with Gasteiger partial charge in [-0.05, 0) is 130 Å². The number of hydrogen-bond acceptors (Lipinski definition) is 8. The lowest BCUT2D eigenvalue weighted by molar-refractivity contribution is 0.261. The van der Waals surface area contributed by atoms with Gasteiger partial charge in [-0.2, -0.15) is 9.59 Å². The fraction of sp³-hybridized carbons (Fsp3) is 0.353. The van der Waals surface area contributed by atoms with Crippen LogP contribution in [-0.4, -0.2) is 66.6 Å². The number of hydrogen-bond donors (Lipinski definition) is 2. The van der Waals surface area contributed by atoms with E-state index in [2.05, 4.69) is 90.0 Å². The molecule has 2 N–H and O–H groups in total. The second kappa shape index (κ2) is 14.2. The minimum Gasteiger partial charge on any atom is -0.316 e. The fourth-order valence-corrected chi connectivity index (χ4v) is 7.29. The van der Waals surface area contributed by atoms with Gasteiger partial charge in [-0.1, -0.05) is 59.6 Å². The van der Waals surface area contributed by atoms with Crippen molar-refractivity contribution in [3.05, 3.63) is 107 Å². The van der Waals surface area contributed by atoms with Crippen molar-refractivity contribution in [1.82, 2.24) is 51.0 Å². The van der Waals surface area contributed by atoms with Crippen molar-refractivity contribution in [2.75, 3.05) is 26.2 Å². The highest BCUT2D eigenvalue weighted by atomic mass is 35.5. The van der Waals surface area contributed by atoms with Crippen molar-refractivity contribution in [1.29, 1.82) is 0 Å². The summed E-state index contributed by atoms with van der Waals surface area (Å²) in [4.78, 5) is 3.49. The van der Waals surface area contributed by atoms with Crippen LogP contribution < -0.4 is 10.6 Å². The molecule has 2 aliphatic rings. The van der Waals surface area contributed by atoms with Gasteiger partial charge in [-0.3, -0.25) is 0 Å². The van der Waals surface area contributed by atoms with Crippen LogP contribution >= 0.6 is 23.2 Å². The number of benzene rings is 4. The van der Waals surface area contributed by atoms with Crippen molar-refractivity contribution in [2.45, 2.75) is 37.8 Å². The molecule has 0 spiro atoms. The molecule has 12 heteroatoms. The summed E-state index contributed by atoms with van der Waals surface area (Å²) in [5.41, 5.74) is 2.43. The van der Waals surface area contributed by atoms with E-state index in [0.29, 0.717) is 11.8 Å². The Hall–Kier alpha value is -3.96. The van der Waals surface area contributed by atoms with Crippen molar-refractivity contribution in [3.8, 4) is 0 Å². The first-order chi connectivity index (χ1) is 22.6. The Morgan fingerprint density at radius 3 is 1.41 bits per heavy atom. The third-order valence-electron chi connectivity index (χ3n) is 9.13. The Balaban J connectivity index is 0.000000147. The molecule has 0 amide bonds. The van der Waals surface area contributed by atoms with E-state index in [9.17, 15) is 0 Å². The lowest BCUT2D eigenvalue weighted by Gasteiger charge is -2.30. The maximum absolute atomic E-state index is 6.08. The highest BCUT2D eigenvalue weighted by Gasteiger charge is 2.29. The van der Waals surface area contributed by atoms with E-state index in [1.54, 1.807) is 9.59 Å². The first-order valence-electron chi connectivity index (χ1n) is 15.9. The maximum Gasteiger partial charge on any atom is 0.162 e. The molecule has 0 bridgehead atoms. The third-order valence-corrected chi connectivity index (χ3v) is 9.60. The van der Waals surface area contributed by atoms with Gasteiger partial charge in [0.15, 0.2) is 12.7 Å². The Morgan fingerprint density at radius 1 is 0.587 bits per heavy atom. The van der Waals surface area contributed by atoms with Gasteiger partial charge >= 0.3 is 0 Å². The monoisotopic (exact) mass is 654 g/mol. The zero-order chi connectivity index (χ0) is 31.3. The number of fused-ring (bicyclic) bond motifs is 2. The highest BCUT2D eigenvalue weighted by molar-refractivity contribution is 6.31.